The second-order valence-corrected chi connectivity index (χ2v) is 7.73. The molecule has 3 rings (SSSR count). The molecule has 8 heteroatoms. The first kappa shape index (κ1) is 16.4. The lowest BCUT2D eigenvalue weighted by Gasteiger charge is -2.13. The maximum absolute atomic E-state index is 13.8. The van der Waals surface area contributed by atoms with Gasteiger partial charge < -0.3 is 9.88 Å². The molecule has 1 atom stereocenters. The summed E-state index contributed by atoms with van der Waals surface area (Å²) in [4.78, 5) is 12.3. The lowest BCUT2D eigenvalue weighted by Crippen LogP contribution is -2.23. The van der Waals surface area contributed by atoms with Gasteiger partial charge in [0.05, 0.1) is 10.9 Å². The fourth-order valence-corrected chi connectivity index (χ4v) is 3.52. The van der Waals surface area contributed by atoms with Crippen molar-refractivity contribution in [2.24, 2.45) is 0 Å². The molecule has 5 nitrogen and oxygen atoms in total. The van der Waals surface area contributed by atoms with Gasteiger partial charge in [0.1, 0.15) is 11.6 Å². The van der Waals surface area contributed by atoms with E-state index in [1.807, 2.05) is 6.92 Å². The highest BCUT2D eigenvalue weighted by atomic mass is 79.9. The number of nitrogens with zero attached hydrogens (tertiary/aromatic N) is 3. The Morgan fingerprint density at radius 2 is 2.22 bits per heavy atom. The van der Waals surface area contributed by atoms with Crippen LogP contribution < -0.4 is 5.32 Å². The molecule has 1 N–H and O–H groups in total. The van der Waals surface area contributed by atoms with Crippen LogP contribution in [-0.2, 0) is 4.79 Å². The summed E-state index contributed by atoms with van der Waals surface area (Å²) >= 11 is 4.53. The predicted octanol–water partition coefficient (Wildman–Crippen LogP) is 3.94. The van der Waals surface area contributed by atoms with Gasteiger partial charge in [-0.15, -0.1) is 10.2 Å². The molecule has 0 aliphatic heterocycles. The molecule has 1 aliphatic rings. The van der Waals surface area contributed by atoms with E-state index >= 15 is 0 Å². The van der Waals surface area contributed by atoms with Gasteiger partial charge in [0.25, 0.3) is 0 Å². The van der Waals surface area contributed by atoms with Crippen LogP contribution in [-0.4, -0.2) is 25.9 Å². The number of benzene rings is 1. The van der Waals surface area contributed by atoms with Crippen molar-refractivity contribution in [2.45, 2.75) is 43.1 Å². The highest BCUT2D eigenvalue weighted by Crippen LogP contribution is 2.39. The summed E-state index contributed by atoms with van der Waals surface area (Å²) < 4.78 is 16.5. The Morgan fingerprint density at radius 3 is 2.87 bits per heavy atom. The molecule has 0 bridgehead atoms. The Hall–Kier alpha value is -1.41. The molecule has 1 amide bonds. The number of halogens is 2. The monoisotopic (exact) mass is 398 g/mol. The van der Waals surface area contributed by atoms with Gasteiger partial charge in [-0.05, 0) is 44.9 Å². The minimum atomic E-state index is -0.470. The van der Waals surface area contributed by atoms with Crippen molar-refractivity contribution < 1.29 is 9.18 Å². The average Bonchev–Trinajstić information content (AvgIpc) is 3.26. The molecule has 1 aliphatic carbocycles. The summed E-state index contributed by atoms with van der Waals surface area (Å²) in [5.74, 6) is 0.128. The van der Waals surface area contributed by atoms with Gasteiger partial charge in [-0.2, -0.15) is 0 Å². The summed E-state index contributed by atoms with van der Waals surface area (Å²) in [6, 6.07) is 4.99. The third-order valence-electron chi connectivity index (χ3n) is 3.59. The lowest BCUT2D eigenvalue weighted by atomic mass is 10.3. The molecular formula is C15H16BrFN4OS. The number of rotatable bonds is 5. The quantitative estimate of drug-likeness (QED) is 0.774. The van der Waals surface area contributed by atoms with Crippen molar-refractivity contribution in [2.75, 3.05) is 5.32 Å². The van der Waals surface area contributed by atoms with Crippen molar-refractivity contribution in [3.8, 4) is 0 Å². The van der Waals surface area contributed by atoms with Crippen LogP contribution >= 0.6 is 27.7 Å². The molecule has 0 radical (unpaired) electrons. The number of hydrogen-bond donors (Lipinski definition) is 1. The van der Waals surface area contributed by atoms with Gasteiger partial charge in [0, 0.05) is 10.5 Å². The van der Waals surface area contributed by atoms with E-state index in [9.17, 15) is 9.18 Å². The summed E-state index contributed by atoms with van der Waals surface area (Å²) in [5.41, 5.74) is 0.172. The van der Waals surface area contributed by atoms with Crippen LogP contribution in [0.4, 0.5) is 10.1 Å². The zero-order chi connectivity index (χ0) is 16.6. The highest BCUT2D eigenvalue weighted by Gasteiger charge is 2.30. The van der Waals surface area contributed by atoms with Crippen molar-refractivity contribution >= 4 is 39.3 Å². The van der Waals surface area contributed by atoms with Gasteiger partial charge >= 0.3 is 0 Å². The third kappa shape index (κ3) is 3.74. The van der Waals surface area contributed by atoms with Crippen LogP contribution in [0.5, 0.6) is 0 Å². The van der Waals surface area contributed by atoms with E-state index in [1.165, 1.54) is 23.9 Å². The fraction of sp³-hybridized carbons (Fsp3) is 0.400. The van der Waals surface area contributed by atoms with Gasteiger partial charge in [-0.25, -0.2) is 4.39 Å². The van der Waals surface area contributed by atoms with Gasteiger partial charge in [-0.3, -0.25) is 4.79 Å². The van der Waals surface area contributed by atoms with Crippen LogP contribution in [0.15, 0.2) is 27.8 Å². The van der Waals surface area contributed by atoms with Crippen molar-refractivity contribution in [1.29, 1.82) is 0 Å². The minimum Gasteiger partial charge on any atom is -0.323 e. The molecule has 1 heterocycles. The zero-order valence-corrected chi connectivity index (χ0v) is 15.1. The number of amides is 1. The molecule has 2 aromatic rings. The summed E-state index contributed by atoms with van der Waals surface area (Å²) in [6.07, 6.45) is 2.24. The van der Waals surface area contributed by atoms with E-state index in [2.05, 4.69) is 36.0 Å². The van der Waals surface area contributed by atoms with Crippen LogP contribution in [0.3, 0.4) is 0 Å². The first-order valence-electron chi connectivity index (χ1n) is 7.30. The van der Waals surface area contributed by atoms with Gasteiger partial charge in [0.2, 0.25) is 5.91 Å². The number of carbonyl (C=O) groups is 1. The zero-order valence-electron chi connectivity index (χ0n) is 12.7. The van der Waals surface area contributed by atoms with Gasteiger partial charge in [0.15, 0.2) is 5.16 Å². The molecule has 0 saturated heterocycles. The van der Waals surface area contributed by atoms with E-state index in [-0.39, 0.29) is 11.6 Å². The Morgan fingerprint density at radius 1 is 1.48 bits per heavy atom. The molecule has 1 saturated carbocycles. The number of hydrogen-bond acceptors (Lipinski definition) is 4. The lowest BCUT2D eigenvalue weighted by molar-refractivity contribution is -0.115. The molecule has 23 heavy (non-hydrogen) atoms. The minimum absolute atomic E-state index is 0.172. The first-order chi connectivity index (χ1) is 11.0. The first-order valence-corrected chi connectivity index (χ1v) is 8.97. The van der Waals surface area contributed by atoms with Crippen LogP contribution in [0, 0.1) is 12.7 Å². The Kier molecular flexibility index (Phi) is 4.72. The maximum Gasteiger partial charge on any atom is 0.237 e. The Labute approximate surface area is 146 Å². The van der Waals surface area contributed by atoms with E-state index in [0.29, 0.717) is 10.5 Å². The summed E-state index contributed by atoms with van der Waals surface area (Å²) in [5, 5.41) is 11.2. The second-order valence-electron chi connectivity index (χ2n) is 5.50. The summed E-state index contributed by atoms with van der Waals surface area (Å²) in [6.45, 7) is 3.69. The SMILES string of the molecule is Cc1nnc(S[C@H](C)C(=O)Nc2ccc(Br)cc2F)n1C1CC1. The number of anilines is 1. The molecule has 1 aromatic heterocycles. The van der Waals surface area contributed by atoms with E-state index in [4.69, 9.17) is 0 Å². The van der Waals surface area contributed by atoms with Crippen LogP contribution in [0.1, 0.15) is 31.6 Å². The maximum atomic E-state index is 13.8. The normalized spacial score (nSPS) is 15.5. The van der Waals surface area contributed by atoms with Crippen molar-refractivity contribution in [3.63, 3.8) is 0 Å². The molecule has 0 spiro atoms. The number of carbonyl (C=O) groups excluding carboxylic acids is 1. The standard InChI is InChI=1S/C15H16BrFN4OS/c1-8(14(22)18-13-6-3-10(16)7-12(13)17)23-15-20-19-9(2)21(15)11-4-5-11/h3,6-8,11H,4-5H2,1-2H3,(H,18,22)/t8-/m1/s1. The van der Waals surface area contributed by atoms with E-state index in [1.54, 1.807) is 13.0 Å². The number of aromatic nitrogens is 3. The van der Waals surface area contributed by atoms with Crippen molar-refractivity contribution in [1.82, 2.24) is 14.8 Å². The molecule has 1 aromatic carbocycles. The van der Waals surface area contributed by atoms with Crippen molar-refractivity contribution in [3.05, 3.63) is 34.3 Å². The molecule has 1 fully saturated rings. The summed E-state index contributed by atoms with van der Waals surface area (Å²) in [7, 11) is 0. The predicted molar refractivity (Wildman–Crippen MR) is 91.1 cm³/mol. The van der Waals surface area contributed by atoms with Gasteiger partial charge in [-0.1, -0.05) is 27.7 Å². The second kappa shape index (κ2) is 6.60. The van der Waals surface area contributed by atoms with Crippen LogP contribution in [0.25, 0.3) is 0 Å². The average molecular weight is 399 g/mol. The smallest absolute Gasteiger partial charge is 0.237 e. The van der Waals surface area contributed by atoms with Crippen LogP contribution in [0.2, 0.25) is 0 Å². The fourth-order valence-electron chi connectivity index (χ4n) is 2.22. The third-order valence-corrected chi connectivity index (χ3v) is 5.14. The van der Waals surface area contributed by atoms with E-state index in [0.717, 1.165) is 23.8 Å². The molecular weight excluding hydrogens is 383 g/mol. The molecule has 122 valence electrons. The highest BCUT2D eigenvalue weighted by molar-refractivity contribution is 9.10. The number of nitrogens with one attached hydrogen (secondary N) is 1. The topological polar surface area (TPSA) is 59.8 Å². The Bertz CT molecular complexity index is 747. The number of thioether (sulfide) groups is 1. The molecule has 0 unspecified atom stereocenters. The Balaban J connectivity index is 1.68. The van der Waals surface area contributed by atoms with E-state index < -0.39 is 11.1 Å². The largest absolute Gasteiger partial charge is 0.323 e. The number of aryl methyl sites for hydroxylation is 1.